The van der Waals surface area contributed by atoms with Crippen LogP contribution in [0.5, 0.6) is 0 Å². The van der Waals surface area contributed by atoms with Gasteiger partial charge >= 0.3 is 0 Å². The van der Waals surface area contributed by atoms with Gasteiger partial charge in [-0.3, -0.25) is 0 Å². The third-order valence-corrected chi connectivity index (χ3v) is 8.40. The van der Waals surface area contributed by atoms with E-state index in [-0.39, 0.29) is 6.04 Å². The van der Waals surface area contributed by atoms with Gasteiger partial charge in [0.15, 0.2) is 0 Å². The van der Waals surface area contributed by atoms with E-state index >= 15 is 0 Å². The average Bonchev–Trinajstić information content (AvgIpc) is 2.97. The van der Waals surface area contributed by atoms with Gasteiger partial charge in [0.25, 0.3) is 0 Å². The standard InChI is InChI=1S/C39H53N/c1-8-15-36(16-9-2)39(37-21-19-29(5)20-22-37)38-25-23-35(24-26-38)31(7)40-30(6)34(11-4)28-32(10-3)27-33-17-13-12-14-18-33/h10-11,19-26,28,31,33,40H,3,6,8-9,12-18,27H2,1-2,4-5,7H3/b32-28+,34-11+. The molecule has 1 aliphatic carbocycles. The van der Waals surface area contributed by atoms with Gasteiger partial charge in [-0.05, 0) is 79.4 Å². The first-order valence-electron chi connectivity index (χ1n) is 15.7. The van der Waals surface area contributed by atoms with Crippen molar-refractivity contribution in [1.29, 1.82) is 0 Å². The molecule has 0 bridgehead atoms. The Labute approximate surface area is 245 Å². The number of hydrogen-bond donors (Lipinski definition) is 1. The summed E-state index contributed by atoms with van der Waals surface area (Å²) < 4.78 is 0. The minimum absolute atomic E-state index is 0.160. The Balaban J connectivity index is 1.78. The summed E-state index contributed by atoms with van der Waals surface area (Å²) in [6.07, 6.45) is 19.1. The maximum Gasteiger partial charge on any atom is 0.0485 e. The molecule has 3 rings (SSSR count). The van der Waals surface area contributed by atoms with E-state index in [2.05, 4.69) is 114 Å². The fraction of sp³-hybridized carbons (Fsp3) is 0.436. The summed E-state index contributed by atoms with van der Waals surface area (Å²) in [5, 5.41) is 3.68. The zero-order chi connectivity index (χ0) is 28.9. The van der Waals surface area contributed by atoms with E-state index in [0.717, 1.165) is 36.5 Å². The van der Waals surface area contributed by atoms with Crippen molar-refractivity contribution >= 4 is 5.57 Å². The molecular formula is C39H53N. The number of hydrogen-bond acceptors (Lipinski definition) is 1. The highest BCUT2D eigenvalue weighted by molar-refractivity contribution is 5.82. The lowest BCUT2D eigenvalue weighted by molar-refractivity contribution is 0.358. The molecule has 1 N–H and O–H groups in total. The lowest BCUT2D eigenvalue weighted by Crippen LogP contribution is -2.18. The van der Waals surface area contributed by atoms with Crippen LogP contribution in [-0.2, 0) is 0 Å². The summed E-state index contributed by atoms with van der Waals surface area (Å²) in [6, 6.07) is 18.4. The molecule has 1 atom stereocenters. The molecule has 0 spiro atoms. The van der Waals surface area contributed by atoms with Gasteiger partial charge < -0.3 is 5.32 Å². The highest BCUT2D eigenvalue weighted by Gasteiger charge is 2.16. The van der Waals surface area contributed by atoms with Crippen LogP contribution < -0.4 is 5.32 Å². The maximum atomic E-state index is 4.42. The van der Waals surface area contributed by atoms with Crippen LogP contribution in [0.2, 0.25) is 0 Å². The Morgan fingerprint density at radius 2 is 1.50 bits per heavy atom. The number of nitrogens with one attached hydrogen (secondary N) is 1. The molecule has 0 aliphatic heterocycles. The van der Waals surface area contributed by atoms with Gasteiger partial charge in [-0.25, -0.2) is 0 Å². The van der Waals surface area contributed by atoms with Crippen LogP contribution in [0.3, 0.4) is 0 Å². The third-order valence-electron chi connectivity index (χ3n) is 8.40. The van der Waals surface area contributed by atoms with E-state index in [0.29, 0.717) is 0 Å². The van der Waals surface area contributed by atoms with E-state index in [1.54, 1.807) is 5.57 Å². The topological polar surface area (TPSA) is 12.0 Å². The van der Waals surface area contributed by atoms with Crippen LogP contribution >= 0.6 is 0 Å². The second kappa shape index (κ2) is 16.3. The molecule has 1 nitrogen and oxygen atoms in total. The van der Waals surface area contributed by atoms with Crippen molar-refractivity contribution in [3.63, 3.8) is 0 Å². The van der Waals surface area contributed by atoms with Gasteiger partial charge in [-0.2, -0.15) is 0 Å². The fourth-order valence-electron chi connectivity index (χ4n) is 6.11. The fourth-order valence-corrected chi connectivity index (χ4v) is 6.11. The third kappa shape index (κ3) is 8.98. The molecule has 1 aliphatic rings. The van der Waals surface area contributed by atoms with Crippen LogP contribution in [-0.4, -0.2) is 0 Å². The molecule has 0 aromatic heterocycles. The van der Waals surface area contributed by atoms with E-state index < -0.39 is 0 Å². The van der Waals surface area contributed by atoms with Crippen molar-refractivity contribution in [2.75, 3.05) is 0 Å². The molecule has 1 unspecified atom stereocenters. The second-order valence-corrected chi connectivity index (χ2v) is 11.7. The molecule has 1 fully saturated rings. The van der Waals surface area contributed by atoms with Crippen molar-refractivity contribution in [2.45, 2.75) is 105 Å². The minimum Gasteiger partial charge on any atom is -0.379 e. The molecule has 0 radical (unpaired) electrons. The normalized spacial score (nSPS) is 15.4. The first-order chi connectivity index (χ1) is 19.4. The lowest BCUT2D eigenvalue weighted by atomic mass is 9.84. The SMILES string of the molecule is C=C/C(=C\C(=C/C)C(=C)NC(C)c1ccc(C(=C(CCC)CCC)c2ccc(C)cc2)cc1)CC1CCCCC1. The first kappa shape index (κ1) is 31.5. The van der Waals surface area contributed by atoms with Crippen LogP contribution in [0.4, 0.5) is 0 Å². The summed E-state index contributed by atoms with van der Waals surface area (Å²) in [7, 11) is 0. The summed E-state index contributed by atoms with van der Waals surface area (Å²) in [6.45, 7) is 19.6. The molecule has 0 saturated heterocycles. The minimum atomic E-state index is 0.160. The molecular weight excluding hydrogens is 482 g/mol. The number of aryl methyl sites for hydroxylation is 1. The van der Waals surface area contributed by atoms with Crippen molar-refractivity contribution in [3.8, 4) is 0 Å². The van der Waals surface area contributed by atoms with Gasteiger partial charge in [0.05, 0.1) is 0 Å². The van der Waals surface area contributed by atoms with Crippen molar-refractivity contribution < 1.29 is 0 Å². The number of allylic oxidation sites excluding steroid dienone is 5. The van der Waals surface area contributed by atoms with Crippen LogP contribution in [0.15, 0.2) is 102 Å². The number of benzene rings is 2. The largest absolute Gasteiger partial charge is 0.379 e. The Morgan fingerprint density at radius 1 is 0.925 bits per heavy atom. The van der Waals surface area contributed by atoms with E-state index in [9.17, 15) is 0 Å². The highest BCUT2D eigenvalue weighted by Crippen LogP contribution is 2.33. The molecule has 0 heterocycles. The molecule has 2 aromatic carbocycles. The smallest absolute Gasteiger partial charge is 0.0485 e. The predicted octanol–water partition coefficient (Wildman–Crippen LogP) is 11.6. The van der Waals surface area contributed by atoms with Crippen LogP contribution in [0.25, 0.3) is 5.57 Å². The maximum absolute atomic E-state index is 4.42. The molecule has 0 amide bonds. The molecule has 214 valence electrons. The van der Waals surface area contributed by atoms with Gasteiger partial charge in [-0.1, -0.05) is 150 Å². The van der Waals surface area contributed by atoms with Gasteiger partial charge in [0.2, 0.25) is 0 Å². The lowest BCUT2D eigenvalue weighted by Gasteiger charge is -2.23. The summed E-state index contributed by atoms with van der Waals surface area (Å²) in [5.74, 6) is 0.795. The highest BCUT2D eigenvalue weighted by atomic mass is 14.9. The van der Waals surface area contributed by atoms with Crippen molar-refractivity contribution in [3.05, 3.63) is 125 Å². The molecule has 40 heavy (non-hydrogen) atoms. The zero-order valence-electron chi connectivity index (χ0n) is 26.0. The van der Waals surface area contributed by atoms with Gasteiger partial charge in [-0.15, -0.1) is 0 Å². The monoisotopic (exact) mass is 535 g/mol. The van der Waals surface area contributed by atoms with Crippen molar-refractivity contribution in [2.24, 2.45) is 5.92 Å². The predicted molar refractivity (Wildman–Crippen MR) is 177 cm³/mol. The quantitative estimate of drug-likeness (QED) is 0.237. The molecule has 1 heteroatoms. The Kier molecular flexibility index (Phi) is 12.8. The number of rotatable bonds is 14. The summed E-state index contributed by atoms with van der Waals surface area (Å²) in [4.78, 5) is 0. The Morgan fingerprint density at radius 3 is 2.02 bits per heavy atom. The van der Waals surface area contributed by atoms with Crippen molar-refractivity contribution in [1.82, 2.24) is 5.32 Å². The summed E-state index contributed by atoms with van der Waals surface area (Å²) in [5.41, 5.74) is 11.6. The Bertz CT molecular complexity index is 1170. The van der Waals surface area contributed by atoms with Gasteiger partial charge in [0, 0.05) is 11.7 Å². The Hall–Kier alpha value is -3.06. The van der Waals surface area contributed by atoms with Crippen LogP contribution in [0.1, 0.15) is 120 Å². The van der Waals surface area contributed by atoms with Crippen LogP contribution in [0, 0.1) is 12.8 Å². The molecule has 1 saturated carbocycles. The van der Waals surface area contributed by atoms with E-state index in [1.807, 2.05) is 6.08 Å². The summed E-state index contributed by atoms with van der Waals surface area (Å²) >= 11 is 0. The van der Waals surface area contributed by atoms with E-state index in [4.69, 9.17) is 0 Å². The first-order valence-corrected chi connectivity index (χ1v) is 15.7. The molecule has 2 aromatic rings. The second-order valence-electron chi connectivity index (χ2n) is 11.7. The zero-order valence-corrected chi connectivity index (χ0v) is 26.0. The average molecular weight is 536 g/mol. The van der Waals surface area contributed by atoms with Gasteiger partial charge in [0.1, 0.15) is 0 Å². The van der Waals surface area contributed by atoms with E-state index in [1.165, 1.54) is 78.3 Å².